The fraction of sp³-hybridized carbons (Fsp3) is 0.500. The minimum absolute atomic E-state index is 0.287. The molecule has 17 heavy (non-hydrogen) atoms. The second-order valence-electron chi connectivity index (χ2n) is 4.50. The molecular formula is C12H13Br3OS. The quantitative estimate of drug-likeness (QED) is 0.607. The van der Waals surface area contributed by atoms with Crippen molar-refractivity contribution in [1.82, 2.24) is 0 Å². The van der Waals surface area contributed by atoms with Crippen LogP contribution < -0.4 is 4.74 Å². The highest BCUT2D eigenvalue weighted by Gasteiger charge is 2.36. The summed E-state index contributed by atoms with van der Waals surface area (Å²) in [6.07, 6.45) is 3.75. The summed E-state index contributed by atoms with van der Waals surface area (Å²) in [5.41, 5.74) is 0.287. The summed E-state index contributed by atoms with van der Waals surface area (Å²) < 4.78 is 8.91. The molecule has 1 saturated carbocycles. The highest BCUT2D eigenvalue weighted by molar-refractivity contribution is 9.11. The summed E-state index contributed by atoms with van der Waals surface area (Å²) in [6.45, 7) is 0.745. The van der Waals surface area contributed by atoms with Crippen molar-refractivity contribution in [2.24, 2.45) is 5.41 Å². The van der Waals surface area contributed by atoms with Gasteiger partial charge in [0.15, 0.2) is 0 Å². The van der Waals surface area contributed by atoms with Gasteiger partial charge in [-0.25, -0.2) is 0 Å². The molecule has 1 aliphatic rings. The van der Waals surface area contributed by atoms with E-state index in [0.717, 1.165) is 31.5 Å². The standard InChI is InChI=1S/C12H13Br3OS/c13-8-4-9(14)11(10(15)5-8)16-6-12(7-17)2-1-3-12/h4-5,17H,1-3,6-7H2. The van der Waals surface area contributed by atoms with Gasteiger partial charge in [-0.15, -0.1) is 0 Å². The van der Waals surface area contributed by atoms with Crippen LogP contribution in [0.15, 0.2) is 25.6 Å². The van der Waals surface area contributed by atoms with Crippen molar-refractivity contribution in [3.63, 3.8) is 0 Å². The van der Waals surface area contributed by atoms with Crippen molar-refractivity contribution >= 4 is 60.4 Å². The zero-order chi connectivity index (χ0) is 12.5. The minimum atomic E-state index is 0.287. The van der Waals surface area contributed by atoms with Crippen LogP contribution >= 0.6 is 60.4 Å². The van der Waals surface area contributed by atoms with Gasteiger partial charge in [0.2, 0.25) is 0 Å². The topological polar surface area (TPSA) is 9.23 Å². The number of halogens is 3. The van der Waals surface area contributed by atoms with Crippen molar-refractivity contribution in [3.05, 3.63) is 25.6 Å². The zero-order valence-corrected chi connectivity index (χ0v) is 14.8. The van der Waals surface area contributed by atoms with Crippen molar-refractivity contribution in [3.8, 4) is 5.75 Å². The third-order valence-electron chi connectivity index (χ3n) is 3.24. The second kappa shape index (κ2) is 5.85. The first kappa shape index (κ1) is 14.2. The maximum Gasteiger partial charge on any atom is 0.147 e. The van der Waals surface area contributed by atoms with Crippen LogP contribution in [0.1, 0.15) is 19.3 Å². The molecule has 0 radical (unpaired) electrons. The number of ether oxygens (including phenoxy) is 1. The Morgan fingerprint density at radius 3 is 2.18 bits per heavy atom. The molecule has 0 aromatic heterocycles. The van der Waals surface area contributed by atoms with Crippen molar-refractivity contribution < 1.29 is 4.74 Å². The molecule has 2 rings (SSSR count). The van der Waals surface area contributed by atoms with Gasteiger partial charge in [-0.1, -0.05) is 22.4 Å². The molecule has 0 spiro atoms. The molecule has 5 heteroatoms. The molecule has 0 heterocycles. The molecule has 0 amide bonds. The zero-order valence-electron chi connectivity index (χ0n) is 9.18. The fourth-order valence-electron chi connectivity index (χ4n) is 1.92. The van der Waals surface area contributed by atoms with Crippen LogP contribution in [0.25, 0.3) is 0 Å². The van der Waals surface area contributed by atoms with Crippen LogP contribution in [0.3, 0.4) is 0 Å². The number of rotatable bonds is 4. The smallest absolute Gasteiger partial charge is 0.147 e. The van der Waals surface area contributed by atoms with E-state index in [-0.39, 0.29) is 5.41 Å². The summed E-state index contributed by atoms with van der Waals surface area (Å²) in [4.78, 5) is 0. The molecule has 1 aliphatic carbocycles. The fourth-order valence-corrected chi connectivity index (χ4v) is 4.81. The van der Waals surface area contributed by atoms with Crippen LogP contribution in [0.5, 0.6) is 5.75 Å². The van der Waals surface area contributed by atoms with Crippen LogP contribution in [0.2, 0.25) is 0 Å². The van der Waals surface area contributed by atoms with E-state index < -0.39 is 0 Å². The molecule has 1 nitrogen and oxygen atoms in total. The summed E-state index contributed by atoms with van der Waals surface area (Å²) in [6, 6.07) is 3.99. The van der Waals surface area contributed by atoms with Crippen LogP contribution in [-0.2, 0) is 0 Å². The third-order valence-corrected chi connectivity index (χ3v) is 5.54. The molecule has 0 aliphatic heterocycles. The van der Waals surface area contributed by atoms with Crippen molar-refractivity contribution in [2.75, 3.05) is 12.4 Å². The lowest BCUT2D eigenvalue weighted by Crippen LogP contribution is -2.37. The van der Waals surface area contributed by atoms with Gasteiger partial charge < -0.3 is 4.74 Å². The molecule has 1 aromatic rings. The summed E-state index contributed by atoms with van der Waals surface area (Å²) in [7, 11) is 0. The van der Waals surface area contributed by atoms with E-state index in [1.165, 1.54) is 19.3 Å². The van der Waals surface area contributed by atoms with E-state index in [1.54, 1.807) is 0 Å². The maximum atomic E-state index is 5.96. The van der Waals surface area contributed by atoms with E-state index in [0.29, 0.717) is 0 Å². The molecule has 1 fully saturated rings. The Morgan fingerprint density at radius 2 is 1.76 bits per heavy atom. The Bertz CT molecular complexity index is 390. The molecule has 0 unspecified atom stereocenters. The van der Waals surface area contributed by atoms with Gasteiger partial charge in [0.1, 0.15) is 5.75 Å². The van der Waals surface area contributed by atoms with Gasteiger partial charge in [0.05, 0.1) is 15.6 Å². The lowest BCUT2D eigenvalue weighted by atomic mass is 9.71. The first-order valence-corrected chi connectivity index (χ1v) is 8.46. The van der Waals surface area contributed by atoms with E-state index in [9.17, 15) is 0 Å². The Morgan fingerprint density at radius 1 is 1.18 bits per heavy atom. The van der Waals surface area contributed by atoms with E-state index in [1.807, 2.05) is 12.1 Å². The molecular weight excluding hydrogens is 432 g/mol. The third kappa shape index (κ3) is 3.23. The monoisotopic (exact) mass is 442 g/mol. The lowest BCUT2D eigenvalue weighted by molar-refractivity contribution is 0.0820. The SMILES string of the molecule is SCC1(COc2c(Br)cc(Br)cc2Br)CCC1. The van der Waals surface area contributed by atoms with E-state index in [4.69, 9.17) is 4.74 Å². The molecule has 0 atom stereocenters. The highest BCUT2D eigenvalue weighted by Crippen LogP contribution is 2.44. The second-order valence-corrected chi connectivity index (χ2v) is 7.44. The predicted molar refractivity (Wildman–Crippen MR) is 85.2 cm³/mol. The Balaban J connectivity index is 2.09. The number of hydrogen-bond donors (Lipinski definition) is 1. The number of benzene rings is 1. The van der Waals surface area contributed by atoms with E-state index >= 15 is 0 Å². The first-order valence-electron chi connectivity index (χ1n) is 5.44. The van der Waals surface area contributed by atoms with Gasteiger partial charge >= 0.3 is 0 Å². The number of thiol groups is 1. The summed E-state index contributed by atoms with van der Waals surface area (Å²) in [5.74, 6) is 1.78. The van der Waals surface area contributed by atoms with Gasteiger partial charge in [-0.3, -0.25) is 0 Å². The van der Waals surface area contributed by atoms with Gasteiger partial charge in [-0.05, 0) is 62.6 Å². The normalized spacial score (nSPS) is 17.6. The molecule has 0 N–H and O–H groups in total. The largest absolute Gasteiger partial charge is 0.491 e. The average molecular weight is 445 g/mol. The van der Waals surface area contributed by atoms with Crippen molar-refractivity contribution in [2.45, 2.75) is 19.3 Å². The van der Waals surface area contributed by atoms with Gasteiger partial charge in [0.25, 0.3) is 0 Å². The first-order chi connectivity index (χ1) is 8.06. The molecule has 1 aromatic carbocycles. The van der Waals surface area contributed by atoms with Crippen LogP contribution in [0.4, 0.5) is 0 Å². The van der Waals surface area contributed by atoms with Crippen LogP contribution in [-0.4, -0.2) is 12.4 Å². The van der Waals surface area contributed by atoms with E-state index in [2.05, 4.69) is 60.4 Å². The summed E-state index contributed by atoms with van der Waals surface area (Å²) in [5, 5.41) is 0. The Kier molecular flexibility index (Phi) is 4.89. The molecule has 0 bridgehead atoms. The summed E-state index contributed by atoms with van der Waals surface area (Å²) >= 11 is 14.9. The predicted octanol–water partition coefficient (Wildman–Crippen LogP) is 5.45. The van der Waals surface area contributed by atoms with Crippen molar-refractivity contribution in [1.29, 1.82) is 0 Å². The van der Waals surface area contributed by atoms with Gasteiger partial charge in [0, 0.05) is 9.89 Å². The Labute approximate surface area is 132 Å². The highest BCUT2D eigenvalue weighted by atomic mass is 79.9. The average Bonchev–Trinajstić information content (AvgIpc) is 2.19. The van der Waals surface area contributed by atoms with Gasteiger partial charge in [-0.2, -0.15) is 12.6 Å². The Hall–Kier alpha value is 0.810. The molecule has 0 saturated heterocycles. The maximum absolute atomic E-state index is 5.96. The minimum Gasteiger partial charge on any atom is -0.491 e. The van der Waals surface area contributed by atoms with Crippen LogP contribution in [0, 0.1) is 5.41 Å². The molecule has 94 valence electrons. The lowest BCUT2D eigenvalue weighted by Gasteiger charge is -2.40. The number of hydrogen-bond acceptors (Lipinski definition) is 2.